The number of rotatable bonds is 6. The van der Waals surface area contributed by atoms with Gasteiger partial charge in [-0.1, -0.05) is 0 Å². The molecule has 8 nitrogen and oxygen atoms in total. The summed E-state index contributed by atoms with van der Waals surface area (Å²) in [5, 5.41) is 7.50. The predicted molar refractivity (Wildman–Crippen MR) is 95.4 cm³/mol. The van der Waals surface area contributed by atoms with Crippen molar-refractivity contribution in [2.24, 2.45) is 0 Å². The minimum Gasteiger partial charge on any atom is -0.462 e. The summed E-state index contributed by atoms with van der Waals surface area (Å²) in [5.41, 5.74) is 0.228. The quantitative estimate of drug-likeness (QED) is 0.642. The number of H-pyrrole nitrogens is 1. The molecule has 4 rings (SSSR count). The number of hydrogen-bond donors (Lipinski definition) is 2. The van der Waals surface area contributed by atoms with Gasteiger partial charge in [0.25, 0.3) is 5.56 Å². The molecule has 1 saturated carbocycles. The van der Waals surface area contributed by atoms with E-state index < -0.39 is 17.2 Å². The van der Waals surface area contributed by atoms with Crippen molar-refractivity contribution in [3.05, 3.63) is 58.0 Å². The van der Waals surface area contributed by atoms with Crippen molar-refractivity contribution in [3.63, 3.8) is 0 Å². The van der Waals surface area contributed by atoms with E-state index in [0.29, 0.717) is 23.6 Å². The zero-order valence-corrected chi connectivity index (χ0v) is 14.7. The van der Waals surface area contributed by atoms with Crippen molar-refractivity contribution in [3.8, 4) is 0 Å². The molecule has 0 radical (unpaired) electrons. The number of nitrogens with zero attached hydrogens (tertiary/aromatic N) is 3. The molecule has 0 bridgehead atoms. The molecular weight excluding hydrogens is 353 g/mol. The van der Waals surface area contributed by atoms with Crippen LogP contribution in [-0.4, -0.2) is 38.7 Å². The Bertz CT molecular complexity index is 1070. The SMILES string of the molecule is CCOC(=O)c1c(NCC2(c3cc(F)c[nH]c3=O)CC2)nn2cccnc12. The Morgan fingerprint density at radius 1 is 1.48 bits per heavy atom. The number of pyridine rings is 1. The lowest BCUT2D eigenvalue weighted by molar-refractivity contribution is 0.0529. The molecule has 0 saturated heterocycles. The van der Waals surface area contributed by atoms with Gasteiger partial charge in [-0.05, 0) is 31.9 Å². The van der Waals surface area contributed by atoms with E-state index in [0.717, 1.165) is 19.0 Å². The van der Waals surface area contributed by atoms with E-state index in [2.05, 4.69) is 20.4 Å². The zero-order valence-electron chi connectivity index (χ0n) is 14.7. The molecule has 1 fully saturated rings. The van der Waals surface area contributed by atoms with E-state index in [9.17, 15) is 14.0 Å². The van der Waals surface area contributed by atoms with Crippen LogP contribution in [0.15, 0.2) is 35.5 Å². The number of hydrogen-bond acceptors (Lipinski definition) is 6. The summed E-state index contributed by atoms with van der Waals surface area (Å²) in [5.74, 6) is -0.687. The molecule has 0 spiro atoms. The molecule has 0 aliphatic heterocycles. The van der Waals surface area contributed by atoms with Crippen LogP contribution in [-0.2, 0) is 10.2 Å². The Morgan fingerprint density at radius 2 is 2.30 bits per heavy atom. The summed E-state index contributed by atoms with van der Waals surface area (Å²) >= 11 is 0. The van der Waals surface area contributed by atoms with E-state index in [-0.39, 0.29) is 17.7 Å². The van der Waals surface area contributed by atoms with Crippen LogP contribution in [0.1, 0.15) is 35.7 Å². The maximum absolute atomic E-state index is 13.6. The lowest BCUT2D eigenvalue weighted by Gasteiger charge is -2.16. The van der Waals surface area contributed by atoms with Gasteiger partial charge in [-0.15, -0.1) is 5.10 Å². The van der Waals surface area contributed by atoms with E-state index in [1.54, 1.807) is 25.4 Å². The maximum atomic E-state index is 13.6. The first-order chi connectivity index (χ1) is 13.0. The molecule has 2 N–H and O–H groups in total. The predicted octanol–water partition coefficient (Wildman–Crippen LogP) is 1.88. The van der Waals surface area contributed by atoms with Crippen LogP contribution in [0, 0.1) is 5.82 Å². The van der Waals surface area contributed by atoms with E-state index in [1.807, 2.05) is 0 Å². The molecule has 0 amide bonds. The third kappa shape index (κ3) is 3.05. The van der Waals surface area contributed by atoms with Gasteiger partial charge < -0.3 is 15.0 Å². The van der Waals surface area contributed by atoms with Gasteiger partial charge in [0.2, 0.25) is 0 Å². The smallest absolute Gasteiger partial charge is 0.345 e. The normalized spacial score (nSPS) is 14.9. The number of aromatic nitrogens is 4. The summed E-state index contributed by atoms with van der Waals surface area (Å²) in [6, 6.07) is 2.97. The lowest BCUT2D eigenvalue weighted by atomic mass is 9.97. The van der Waals surface area contributed by atoms with Crippen molar-refractivity contribution in [2.45, 2.75) is 25.2 Å². The third-order valence-corrected chi connectivity index (χ3v) is 4.76. The second-order valence-electron chi connectivity index (χ2n) is 6.53. The van der Waals surface area contributed by atoms with Crippen LogP contribution in [0.25, 0.3) is 5.65 Å². The fourth-order valence-corrected chi connectivity index (χ4v) is 3.20. The Labute approximate surface area is 153 Å². The molecule has 0 unspecified atom stereocenters. The molecule has 1 aliphatic carbocycles. The highest BCUT2D eigenvalue weighted by molar-refractivity contribution is 6.01. The van der Waals surface area contributed by atoms with Gasteiger partial charge in [0.05, 0.1) is 6.61 Å². The number of aromatic amines is 1. The number of esters is 1. The van der Waals surface area contributed by atoms with E-state index in [4.69, 9.17) is 4.74 Å². The molecule has 0 aromatic carbocycles. The van der Waals surface area contributed by atoms with Gasteiger partial charge in [0, 0.05) is 36.1 Å². The fraction of sp³-hybridized carbons (Fsp3) is 0.333. The second kappa shape index (κ2) is 6.49. The average Bonchev–Trinajstić information content (AvgIpc) is 3.35. The van der Waals surface area contributed by atoms with Crippen LogP contribution in [0.4, 0.5) is 10.2 Å². The first kappa shape index (κ1) is 17.2. The van der Waals surface area contributed by atoms with Crippen molar-refractivity contribution in [2.75, 3.05) is 18.5 Å². The number of ether oxygens (including phenoxy) is 1. The minimum atomic E-state index is -0.526. The number of carbonyl (C=O) groups excluding carboxylic acids is 1. The molecular formula is C18H18FN5O3. The molecule has 9 heteroatoms. The Balaban J connectivity index is 1.66. The highest BCUT2D eigenvalue weighted by atomic mass is 19.1. The fourth-order valence-electron chi connectivity index (χ4n) is 3.20. The second-order valence-corrected chi connectivity index (χ2v) is 6.53. The summed E-state index contributed by atoms with van der Waals surface area (Å²) in [7, 11) is 0. The third-order valence-electron chi connectivity index (χ3n) is 4.76. The molecule has 3 aromatic heterocycles. The summed E-state index contributed by atoms with van der Waals surface area (Å²) in [6.07, 6.45) is 5.78. The number of fused-ring (bicyclic) bond motifs is 1. The Morgan fingerprint density at radius 3 is 3.04 bits per heavy atom. The average molecular weight is 371 g/mol. The number of anilines is 1. The van der Waals surface area contributed by atoms with Crippen LogP contribution in [0.2, 0.25) is 0 Å². The highest BCUT2D eigenvalue weighted by Gasteiger charge is 2.46. The van der Waals surface area contributed by atoms with Crippen LogP contribution in [0.3, 0.4) is 0 Å². The molecule has 0 atom stereocenters. The monoisotopic (exact) mass is 371 g/mol. The molecule has 27 heavy (non-hydrogen) atoms. The van der Waals surface area contributed by atoms with Crippen LogP contribution in [0.5, 0.6) is 0 Å². The number of nitrogens with one attached hydrogen (secondary N) is 2. The minimum absolute atomic E-state index is 0.227. The molecule has 3 aromatic rings. The van der Waals surface area contributed by atoms with Gasteiger partial charge in [-0.25, -0.2) is 18.7 Å². The van der Waals surface area contributed by atoms with Crippen molar-refractivity contribution in [1.82, 2.24) is 19.6 Å². The highest BCUT2D eigenvalue weighted by Crippen LogP contribution is 2.47. The van der Waals surface area contributed by atoms with Crippen molar-refractivity contribution in [1.29, 1.82) is 0 Å². The number of carbonyl (C=O) groups is 1. The van der Waals surface area contributed by atoms with Gasteiger partial charge in [-0.3, -0.25) is 4.79 Å². The lowest BCUT2D eigenvalue weighted by Crippen LogP contribution is -2.28. The summed E-state index contributed by atoms with van der Waals surface area (Å²) < 4.78 is 20.2. The van der Waals surface area contributed by atoms with Crippen molar-refractivity contribution < 1.29 is 13.9 Å². The standard InChI is InChI=1S/C18H18FN5O3/c1-2-27-17(26)13-14(23-24-7-3-6-20-15(13)24)22-10-18(4-5-18)12-8-11(19)9-21-16(12)25/h3,6-9H,2,4-5,10H2,1H3,(H,21,25)(H,22,23). The van der Waals surface area contributed by atoms with Crippen molar-refractivity contribution >= 4 is 17.4 Å². The molecule has 3 heterocycles. The van der Waals surface area contributed by atoms with Gasteiger partial charge in [0.1, 0.15) is 11.4 Å². The summed E-state index contributed by atoms with van der Waals surface area (Å²) in [4.78, 5) is 31.1. The zero-order chi connectivity index (χ0) is 19.0. The first-order valence-corrected chi connectivity index (χ1v) is 8.67. The topological polar surface area (TPSA) is 101 Å². The summed E-state index contributed by atoms with van der Waals surface area (Å²) in [6.45, 7) is 2.29. The van der Waals surface area contributed by atoms with Gasteiger partial charge >= 0.3 is 5.97 Å². The maximum Gasteiger partial charge on any atom is 0.345 e. The Kier molecular flexibility index (Phi) is 4.14. The van der Waals surface area contributed by atoms with E-state index >= 15 is 0 Å². The van der Waals surface area contributed by atoms with Crippen LogP contribution < -0.4 is 10.9 Å². The van der Waals surface area contributed by atoms with Gasteiger partial charge in [0.15, 0.2) is 11.5 Å². The van der Waals surface area contributed by atoms with E-state index in [1.165, 1.54) is 10.6 Å². The Hall–Kier alpha value is -3.23. The molecule has 1 aliphatic rings. The molecule has 140 valence electrons. The number of halogens is 1. The largest absolute Gasteiger partial charge is 0.462 e. The van der Waals surface area contributed by atoms with Crippen LogP contribution >= 0.6 is 0 Å². The van der Waals surface area contributed by atoms with Gasteiger partial charge in [-0.2, -0.15) is 0 Å². The first-order valence-electron chi connectivity index (χ1n) is 8.67.